The van der Waals surface area contributed by atoms with Crippen LogP contribution in [-0.4, -0.2) is 41.1 Å². The summed E-state index contributed by atoms with van der Waals surface area (Å²) < 4.78 is 0. The molecule has 2 rings (SSSR count). The highest BCUT2D eigenvalue weighted by molar-refractivity contribution is 5.80. The van der Waals surface area contributed by atoms with Crippen LogP contribution in [0.2, 0.25) is 0 Å². The number of carbonyl (C=O) groups is 1. The zero-order valence-corrected chi connectivity index (χ0v) is 8.35. The maximum Gasteiger partial charge on any atom is 0.227 e. The van der Waals surface area contributed by atoms with E-state index in [2.05, 4.69) is 0 Å². The second kappa shape index (κ2) is 3.87. The van der Waals surface area contributed by atoms with Crippen LogP contribution in [0.1, 0.15) is 25.7 Å². The number of nitrogens with zero attached hydrogens (tertiary/aromatic N) is 1. The summed E-state index contributed by atoms with van der Waals surface area (Å²) in [4.78, 5) is 13.7. The molecule has 80 valence electrons. The van der Waals surface area contributed by atoms with E-state index in [1.807, 2.05) is 0 Å². The lowest BCUT2D eigenvalue weighted by Gasteiger charge is -2.22. The highest BCUT2D eigenvalue weighted by Gasteiger charge is 2.35. The first-order valence-corrected chi connectivity index (χ1v) is 5.41. The first-order valence-electron chi connectivity index (χ1n) is 5.41. The minimum atomic E-state index is -0.323. The molecule has 2 fully saturated rings. The fourth-order valence-corrected chi connectivity index (χ4v) is 2.47. The first kappa shape index (κ1) is 9.93. The Morgan fingerprint density at radius 2 is 2.14 bits per heavy atom. The van der Waals surface area contributed by atoms with Crippen LogP contribution in [0.3, 0.4) is 0 Å². The van der Waals surface area contributed by atoms with Gasteiger partial charge in [0.1, 0.15) is 0 Å². The average Bonchev–Trinajstić information content (AvgIpc) is 2.73. The third-order valence-electron chi connectivity index (χ3n) is 3.36. The molecular formula is C10H18N2O2. The van der Waals surface area contributed by atoms with E-state index in [0.717, 1.165) is 19.3 Å². The maximum atomic E-state index is 11.9. The molecule has 0 radical (unpaired) electrons. The summed E-state index contributed by atoms with van der Waals surface area (Å²) >= 11 is 0. The van der Waals surface area contributed by atoms with E-state index in [9.17, 15) is 9.90 Å². The van der Waals surface area contributed by atoms with Crippen molar-refractivity contribution in [1.82, 2.24) is 4.90 Å². The molecule has 3 N–H and O–H groups in total. The quantitative estimate of drug-likeness (QED) is 0.608. The largest absolute Gasteiger partial charge is 0.391 e. The molecular weight excluding hydrogens is 180 g/mol. The number of hydrogen-bond donors (Lipinski definition) is 2. The van der Waals surface area contributed by atoms with Crippen molar-refractivity contribution < 1.29 is 9.90 Å². The molecule has 0 bridgehead atoms. The van der Waals surface area contributed by atoms with Gasteiger partial charge in [0.05, 0.1) is 12.0 Å². The predicted molar refractivity (Wildman–Crippen MR) is 52.5 cm³/mol. The Morgan fingerprint density at radius 3 is 2.64 bits per heavy atom. The van der Waals surface area contributed by atoms with Crippen molar-refractivity contribution in [1.29, 1.82) is 0 Å². The number of carbonyl (C=O) groups excluding carboxylic acids is 1. The molecule has 1 saturated carbocycles. The predicted octanol–water partition coefficient (Wildman–Crippen LogP) is -0.293. The third kappa shape index (κ3) is 1.77. The van der Waals surface area contributed by atoms with Gasteiger partial charge in [-0.05, 0) is 19.3 Å². The lowest BCUT2D eigenvalue weighted by molar-refractivity contribution is -0.135. The molecule has 3 atom stereocenters. The fourth-order valence-electron chi connectivity index (χ4n) is 2.47. The molecule has 0 aromatic heterocycles. The molecule has 1 aliphatic heterocycles. The highest BCUT2D eigenvalue weighted by Crippen LogP contribution is 2.27. The second-order valence-electron chi connectivity index (χ2n) is 4.43. The monoisotopic (exact) mass is 198 g/mol. The normalized spacial score (nSPS) is 37.9. The maximum absolute atomic E-state index is 11.9. The number of nitrogens with two attached hydrogens (primary N) is 1. The summed E-state index contributed by atoms with van der Waals surface area (Å²) in [5.41, 5.74) is 5.87. The van der Waals surface area contributed by atoms with Crippen molar-refractivity contribution in [2.75, 3.05) is 13.1 Å². The van der Waals surface area contributed by atoms with Gasteiger partial charge in [-0.2, -0.15) is 0 Å². The van der Waals surface area contributed by atoms with Gasteiger partial charge in [-0.3, -0.25) is 4.79 Å². The molecule has 14 heavy (non-hydrogen) atoms. The van der Waals surface area contributed by atoms with Crippen molar-refractivity contribution in [3.05, 3.63) is 0 Å². The minimum Gasteiger partial charge on any atom is -0.391 e. The Balaban J connectivity index is 1.94. The van der Waals surface area contributed by atoms with Gasteiger partial charge < -0.3 is 15.7 Å². The molecule has 1 saturated heterocycles. The van der Waals surface area contributed by atoms with Crippen LogP contribution in [0.15, 0.2) is 0 Å². The molecule has 1 heterocycles. The van der Waals surface area contributed by atoms with Crippen LogP contribution < -0.4 is 5.73 Å². The van der Waals surface area contributed by atoms with E-state index < -0.39 is 0 Å². The molecule has 1 amide bonds. The number of amides is 1. The van der Waals surface area contributed by atoms with Crippen molar-refractivity contribution >= 4 is 5.91 Å². The van der Waals surface area contributed by atoms with E-state index in [1.54, 1.807) is 4.90 Å². The summed E-state index contributed by atoms with van der Waals surface area (Å²) in [5.74, 6) is 0.173. The Hall–Kier alpha value is -0.610. The van der Waals surface area contributed by atoms with Crippen molar-refractivity contribution in [3.8, 4) is 0 Å². The van der Waals surface area contributed by atoms with Gasteiger partial charge in [0.15, 0.2) is 0 Å². The average molecular weight is 198 g/mol. The number of aliphatic hydroxyl groups is 1. The number of rotatable bonds is 1. The van der Waals surface area contributed by atoms with Gasteiger partial charge in [0.2, 0.25) is 5.91 Å². The lowest BCUT2D eigenvalue weighted by Crippen LogP contribution is -2.40. The topological polar surface area (TPSA) is 66.6 Å². The molecule has 1 aliphatic carbocycles. The molecule has 4 nitrogen and oxygen atoms in total. The number of β-amino-alcohol motifs (C(OH)–C–C–N with tert-alkyl or cyclic N) is 1. The van der Waals surface area contributed by atoms with Crippen LogP contribution in [0.5, 0.6) is 0 Å². The Bertz CT molecular complexity index is 232. The first-order chi connectivity index (χ1) is 6.68. The summed E-state index contributed by atoms with van der Waals surface area (Å²) in [7, 11) is 0. The lowest BCUT2D eigenvalue weighted by atomic mass is 10.0. The van der Waals surface area contributed by atoms with Gasteiger partial charge in [-0.25, -0.2) is 0 Å². The van der Waals surface area contributed by atoms with E-state index >= 15 is 0 Å². The van der Waals surface area contributed by atoms with Gasteiger partial charge in [-0.15, -0.1) is 0 Å². The number of hydrogen-bond acceptors (Lipinski definition) is 3. The zero-order chi connectivity index (χ0) is 10.1. The summed E-state index contributed by atoms with van der Waals surface area (Å²) in [5, 5.41) is 9.33. The van der Waals surface area contributed by atoms with E-state index in [0.29, 0.717) is 19.5 Å². The van der Waals surface area contributed by atoms with Gasteiger partial charge >= 0.3 is 0 Å². The Morgan fingerprint density at radius 1 is 1.36 bits per heavy atom. The second-order valence-corrected chi connectivity index (χ2v) is 4.43. The van der Waals surface area contributed by atoms with Crippen LogP contribution in [0.25, 0.3) is 0 Å². The van der Waals surface area contributed by atoms with Gasteiger partial charge in [0.25, 0.3) is 0 Å². The van der Waals surface area contributed by atoms with Crippen molar-refractivity contribution in [3.63, 3.8) is 0 Å². The zero-order valence-electron chi connectivity index (χ0n) is 8.35. The SMILES string of the molecule is NC1CCCC1C(=O)N1CCC(O)C1. The van der Waals surface area contributed by atoms with Crippen molar-refractivity contribution in [2.24, 2.45) is 11.7 Å². The Kier molecular flexibility index (Phi) is 2.74. The van der Waals surface area contributed by atoms with Crippen LogP contribution in [-0.2, 0) is 4.79 Å². The minimum absolute atomic E-state index is 0.0142. The van der Waals surface area contributed by atoms with E-state index in [-0.39, 0.29) is 24.0 Å². The smallest absolute Gasteiger partial charge is 0.227 e. The summed E-state index contributed by atoms with van der Waals surface area (Å²) in [6.07, 6.45) is 3.35. The third-order valence-corrected chi connectivity index (χ3v) is 3.36. The number of likely N-dealkylation sites (tertiary alicyclic amines) is 1. The van der Waals surface area contributed by atoms with Crippen molar-refractivity contribution in [2.45, 2.75) is 37.8 Å². The van der Waals surface area contributed by atoms with E-state index in [1.165, 1.54) is 0 Å². The summed E-state index contributed by atoms with van der Waals surface area (Å²) in [6, 6.07) is 0.0419. The van der Waals surface area contributed by atoms with Crippen LogP contribution in [0.4, 0.5) is 0 Å². The van der Waals surface area contributed by atoms with Gasteiger partial charge in [-0.1, -0.05) is 6.42 Å². The molecule has 0 spiro atoms. The number of aliphatic hydroxyl groups excluding tert-OH is 1. The highest BCUT2D eigenvalue weighted by atomic mass is 16.3. The summed E-state index contributed by atoms with van der Waals surface area (Å²) in [6.45, 7) is 1.20. The molecule has 3 unspecified atom stereocenters. The molecule has 0 aromatic carbocycles. The van der Waals surface area contributed by atoms with Crippen LogP contribution >= 0.6 is 0 Å². The standard InChI is InChI=1S/C10H18N2O2/c11-9-3-1-2-8(9)10(14)12-5-4-7(13)6-12/h7-9,13H,1-6,11H2. The molecule has 2 aliphatic rings. The van der Waals surface area contributed by atoms with Crippen LogP contribution in [0, 0.1) is 5.92 Å². The molecule has 0 aromatic rings. The Labute approximate surface area is 84.1 Å². The van der Waals surface area contributed by atoms with E-state index in [4.69, 9.17) is 5.73 Å². The fraction of sp³-hybridized carbons (Fsp3) is 0.900. The molecule has 4 heteroatoms. The van der Waals surface area contributed by atoms with Gasteiger partial charge in [0, 0.05) is 19.1 Å².